The van der Waals surface area contributed by atoms with Gasteiger partial charge < -0.3 is 28.4 Å². The Kier molecular flexibility index (Phi) is 37.5. The van der Waals surface area contributed by atoms with Crippen molar-refractivity contribution in [3.8, 4) is 45.9 Å². The maximum Gasteiger partial charge on any atom is 0.249 e. The Morgan fingerprint density at radius 2 is 0.524 bits per heavy atom. The van der Waals surface area contributed by atoms with E-state index in [-0.39, 0.29) is 0 Å². The third kappa shape index (κ3) is 27.5. The first-order chi connectivity index (χ1) is 41.5. The fraction of sp³-hybridized carbons (Fsp3) is 0.676. The molecule has 0 radical (unpaired) electrons. The molecule has 0 aliphatic carbocycles. The van der Waals surface area contributed by atoms with Crippen molar-refractivity contribution in [2.45, 2.75) is 286 Å². The third-order valence-corrected chi connectivity index (χ3v) is 16.3. The van der Waals surface area contributed by atoms with Crippen LogP contribution in [0.2, 0.25) is 0 Å². The van der Waals surface area contributed by atoms with Crippen molar-refractivity contribution in [2.24, 2.45) is 0 Å². The van der Waals surface area contributed by atoms with Crippen molar-refractivity contribution in [1.82, 2.24) is 9.13 Å². The molecule has 470 valence electrons. The molecule has 10 nitrogen and oxygen atoms in total. The number of hydrogen-bond acceptors (Lipinski definition) is 6. The number of hydrogen-bond donors (Lipinski definition) is 0. The summed E-state index contributed by atoms with van der Waals surface area (Å²) < 4.78 is 49.1. The van der Waals surface area contributed by atoms with Gasteiger partial charge in [-0.25, -0.2) is 9.13 Å². The van der Waals surface area contributed by atoms with Gasteiger partial charge in [0.1, 0.15) is 37.9 Å². The molecule has 2 aromatic heterocycles. The van der Waals surface area contributed by atoms with Crippen LogP contribution < -0.4 is 37.6 Å². The number of ether oxygens (including phenoxy) is 6. The lowest BCUT2D eigenvalue weighted by atomic mass is 10.1. The number of rotatable bonds is 54. The second-order valence-electron chi connectivity index (χ2n) is 24.0. The normalized spacial score (nSPS) is 11.4. The lowest BCUT2D eigenvalue weighted by Gasteiger charge is -2.19. The summed E-state index contributed by atoms with van der Waals surface area (Å²) in [5.41, 5.74) is 4.43. The number of nitrogens with zero attached hydrogens (tertiary/aromatic N) is 4. The Morgan fingerprint density at radius 1 is 0.274 bits per heavy atom. The Labute approximate surface area is 512 Å². The summed E-state index contributed by atoms with van der Waals surface area (Å²) in [4.78, 5) is 0. The molecular weight excluding hydrogens is 1040 g/mol. The molecule has 0 fully saturated rings. The van der Waals surface area contributed by atoms with E-state index in [1.54, 1.807) is 0 Å². The van der Waals surface area contributed by atoms with E-state index >= 15 is 0 Å². The lowest BCUT2D eigenvalue weighted by Crippen LogP contribution is -2.32. The molecular formula is C74H120N4O6+2. The molecule has 0 saturated carbocycles. The Morgan fingerprint density at radius 3 is 0.810 bits per heavy atom. The molecule has 5 rings (SSSR count). The number of benzene rings is 3. The lowest BCUT2D eigenvalue weighted by molar-refractivity contribution is -0.688. The van der Waals surface area contributed by atoms with Gasteiger partial charge in [0.05, 0.1) is 39.6 Å². The average Bonchev–Trinajstić information content (AvgIpc) is 2.77. The summed E-state index contributed by atoms with van der Waals surface area (Å²) in [6.45, 7) is 19.1. The summed E-state index contributed by atoms with van der Waals surface area (Å²) >= 11 is 0. The van der Waals surface area contributed by atoms with Crippen molar-refractivity contribution >= 4 is 0 Å². The molecule has 0 saturated heterocycles. The van der Waals surface area contributed by atoms with Crippen molar-refractivity contribution < 1.29 is 37.6 Å². The first-order valence-corrected chi connectivity index (χ1v) is 34.9. The van der Waals surface area contributed by atoms with Crippen LogP contribution in [0.4, 0.5) is 0 Å². The molecule has 84 heavy (non-hydrogen) atoms. The van der Waals surface area contributed by atoms with E-state index in [0.717, 1.165) is 97.5 Å². The highest BCUT2D eigenvalue weighted by Gasteiger charge is 2.25. The van der Waals surface area contributed by atoms with Gasteiger partial charge in [0, 0.05) is 0 Å². The van der Waals surface area contributed by atoms with Crippen molar-refractivity contribution in [3.63, 3.8) is 0 Å². The fourth-order valence-electron chi connectivity index (χ4n) is 11.0. The molecule has 0 N–H and O–H groups in total. The highest BCUT2D eigenvalue weighted by atomic mass is 16.5. The van der Waals surface area contributed by atoms with Gasteiger partial charge in [0.2, 0.25) is 35.7 Å². The summed E-state index contributed by atoms with van der Waals surface area (Å²) in [6.07, 6.45) is 56.7. The molecule has 0 amide bonds. The van der Waals surface area contributed by atoms with Crippen molar-refractivity contribution in [2.75, 3.05) is 39.6 Å². The van der Waals surface area contributed by atoms with Crippen LogP contribution >= 0.6 is 0 Å². The molecule has 0 spiro atoms. The predicted molar refractivity (Wildman–Crippen MR) is 350 cm³/mol. The van der Waals surface area contributed by atoms with Crippen LogP contribution in [0.25, 0.3) is 11.4 Å². The minimum Gasteiger partial charge on any atom is -0.490 e. The monoisotopic (exact) mass is 1160 g/mol. The zero-order chi connectivity index (χ0) is 59.3. The Balaban J connectivity index is 1.32. The highest BCUT2D eigenvalue weighted by molar-refractivity contribution is 5.63. The van der Waals surface area contributed by atoms with Gasteiger partial charge in [-0.1, -0.05) is 258 Å². The summed E-state index contributed by atoms with van der Waals surface area (Å²) in [5.74, 6) is 4.65. The van der Waals surface area contributed by atoms with E-state index in [4.69, 9.17) is 28.4 Å². The minimum atomic E-state index is 0.649. The molecule has 0 bridgehead atoms. The van der Waals surface area contributed by atoms with Crippen LogP contribution in [0, 0.1) is 0 Å². The molecule has 0 aliphatic heterocycles. The van der Waals surface area contributed by atoms with Crippen molar-refractivity contribution in [1.29, 1.82) is 0 Å². The van der Waals surface area contributed by atoms with Gasteiger partial charge in [0.15, 0.2) is 22.9 Å². The van der Waals surface area contributed by atoms with E-state index < -0.39 is 0 Å². The zero-order valence-electron chi connectivity index (χ0n) is 54.4. The molecule has 3 aromatic carbocycles. The van der Waals surface area contributed by atoms with Crippen LogP contribution in [0.1, 0.15) is 284 Å². The van der Waals surface area contributed by atoms with E-state index in [0.29, 0.717) is 39.6 Å². The molecule has 0 aliphatic rings. The van der Waals surface area contributed by atoms with E-state index in [1.165, 1.54) is 204 Å². The van der Waals surface area contributed by atoms with Gasteiger partial charge >= 0.3 is 0 Å². The largest absolute Gasteiger partial charge is 0.490 e. The highest BCUT2D eigenvalue weighted by Crippen LogP contribution is 2.44. The maximum absolute atomic E-state index is 6.82. The standard InChI is InChI=1S/C74H120N4O6/c1-7-13-19-25-31-37-55-79-69-49-47-67(71(81-57-39-33-27-21-15-9-3)73(69)83-59-41-35-29-23-17-11-5)77-53-51-75(63-77)61-65-43-45-66(46-44-65)62-76-52-54-78(64-76)68-48-50-70(80-56-38-32-26-20-14-8-2)74(84-60-42-36-30-24-18-12-6)72(68)82-58-40-34-28-22-16-10-4/h43-54,63-64H,7-42,55-62H2,1-6H3/q+2. The van der Waals surface area contributed by atoms with Crippen LogP contribution in [-0.4, -0.2) is 48.8 Å². The van der Waals surface area contributed by atoms with E-state index in [1.807, 2.05) is 0 Å². The van der Waals surface area contributed by atoms with Gasteiger partial charge in [-0.15, -0.1) is 0 Å². The Hall–Kier alpha value is -5.12. The predicted octanol–water partition coefficient (Wildman–Crippen LogP) is 20.4. The first kappa shape index (κ1) is 69.6. The van der Waals surface area contributed by atoms with Gasteiger partial charge in [-0.3, -0.25) is 0 Å². The summed E-state index contributed by atoms with van der Waals surface area (Å²) in [6, 6.07) is 17.6. The maximum atomic E-state index is 6.82. The number of aromatic nitrogens is 4. The van der Waals surface area contributed by atoms with E-state index in [2.05, 4.69) is 146 Å². The van der Waals surface area contributed by atoms with Gasteiger partial charge in [0.25, 0.3) is 0 Å². The van der Waals surface area contributed by atoms with Crippen LogP contribution in [0.15, 0.2) is 86.0 Å². The van der Waals surface area contributed by atoms with Crippen LogP contribution in [-0.2, 0) is 13.1 Å². The average molecular weight is 1160 g/mol. The Bertz CT molecular complexity index is 2230. The molecule has 5 aromatic rings. The second-order valence-corrected chi connectivity index (χ2v) is 24.0. The molecule has 10 heteroatoms. The number of unbranched alkanes of at least 4 members (excludes halogenated alkanes) is 30. The molecule has 2 heterocycles. The quantitative estimate of drug-likeness (QED) is 0.0285. The SMILES string of the molecule is CCCCCCCCOc1ccc(-n2cc[n+](Cc3ccc(C[n+]4ccn(-c5ccc(OCCCCCCCC)c(OCCCCCCCC)c5OCCCCCCCC)c4)cc3)c2)c(OCCCCCCCC)c1OCCCCCCCC. The smallest absolute Gasteiger partial charge is 0.249 e. The summed E-state index contributed by atoms with van der Waals surface area (Å²) in [7, 11) is 0. The molecule has 0 atom stereocenters. The third-order valence-electron chi connectivity index (χ3n) is 16.3. The summed E-state index contributed by atoms with van der Waals surface area (Å²) in [5, 5.41) is 0. The fourth-order valence-corrected chi connectivity index (χ4v) is 11.0. The second kappa shape index (κ2) is 45.2. The topological polar surface area (TPSA) is 73.0 Å². The van der Waals surface area contributed by atoms with Crippen LogP contribution in [0.3, 0.4) is 0 Å². The molecule has 0 unspecified atom stereocenters. The number of imidazole rings is 2. The van der Waals surface area contributed by atoms with Crippen molar-refractivity contribution in [3.05, 3.63) is 97.1 Å². The first-order valence-electron chi connectivity index (χ1n) is 34.9. The zero-order valence-corrected chi connectivity index (χ0v) is 54.4. The van der Waals surface area contributed by atoms with Crippen LogP contribution in [0.5, 0.6) is 34.5 Å². The minimum absolute atomic E-state index is 0.649. The van der Waals surface area contributed by atoms with Gasteiger partial charge in [-0.05, 0) is 73.9 Å². The van der Waals surface area contributed by atoms with E-state index in [9.17, 15) is 0 Å². The van der Waals surface area contributed by atoms with Gasteiger partial charge in [-0.2, -0.15) is 9.13 Å².